The monoisotopic (exact) mass is 333 g/mol. The molecule has 1 aliphatic heterocycles. The van der Waals surface area contributed by atoms with E-state index in [0.29, 0.717) is 39.3 Å². The van der Waals surface area contributed by atoms with Crippen molar-refractivity contribution < 1.29 is 13.9 Å². The van der Waals surface area contributed by atoms with Crippen molar-refractivity contribution in [2.24, 2.45) is 5.92 Å². The fraction of sp³-hybridized carbons (Fsp3) is 0.556. The van der Waals surface area contributed by atoms with Crippen molar-refractivity contribution in [3.05, 3.63) is 35.6 Å². The fourth-order valence-corrected chi connectivity index (χ4v) is 2.80. The highest BCUT2D eigenvalue weighted by molar-refractivity contribution is 5.78. The first-order valence-electron chi connectivity index (χ1n) is 8.30. The standard InChI is InChI=1S/C18H24FN3O2/c1-3-22(11-14(2)10-20)18(23)13-21-8-9-24-17(12-21)15-4-6-16(19)7-5-15/h4-7,14,17H,3,8-9,11-13H2,1-2H3. The van der Waals surface area contributed by atoms with Gasteiger partial charge in [-0.3, -0.25) is 9.69 Å². The van der Waals surface area contributed by atoms with Gasteiger partial charge in [0.15, 0.2) is 0 Å². The van der Waals surface area contributed by atoms with Gasteiger partial charge in [0, 0.05) is 26.2 Å². The average Bonchev–Trinajstić information content (AvgIpc) is 2.60. The smallest absolute Gasteiger partial charge is 0.236 e. The number of halogens is 1. The van der Waals surface area contributed by atoms with Crippen LogP contribution in [0.5, 0.6) is 0 Å². The molecule has 0 N–H and O–H groups in total. The van der Waals surface area contributed by atoms with E-state index in [1.165, 1.54) is 12.1 Å². The van der Waals surface area contributed by atoms with Gasteiger partial charge in [0.05, 0.1) is 31.2 Å². The molecule has 0 aromatic heterocycles. The van der Waals surface area contributed by atoms with Gasteiger partial charge in [0.1, 0.15) is 5.82 Å². The highest BCUT2D eigenvalue weighted by Gasteiger charge is 2.25. The Balaban J connectivity index is 1.93. The lowest BCUT2D eigenvalue weighted by Gasteiger charge is -2.34. The molecule has 1 aromatic carbocycles. The van der Waals surface area contributed by atoms with Crippen LogP contribution >= 0.6 is 0 Å². The van der Waals surface area contributed by atoms with E-state index in [4.69, 9.17) is 10.00 Å². The maximum absolute atomic E-state index is 13.0. The molecule has 1 heterocycles. The molecular formula is C18H24FN3O2. The molecule has 1 aromatic rings. The van der Waals surface area contributed by atoms with Crippen LogP contribution in [0.1, 0.15) is 25.5 Å². The van der Waals surface area contributed by atoms with Gasteiger partial charge < -0.3 is 9.64 Å². The Kier molecular flexibility index (Phi) is 6.71. The summed E-state index contributed by atoms with van der Waals surface area (Å²) in [6.07, 6.45) is -0.153. The number of carbonyl (C=O) groups is 1. The number of likely N-dealkylation sites (N-methyl/N-ethyl adjacent to an activating group) is 1. The maximum Gasteiger partial charge on any atom is 0.236 e. The summed E-state index contributed by atoms with van der Waals surface area (Å²) in [4.78, 5) is 16.2. The van der Waals surface area contributed by atoms with Gasteiger partial charge in [-0.25, -0.2) is 4.39 Å². The molecule has 0 bridgehead atoms. The third-order valence-corrected chi connectivity index (χ3v) is 4.20. The molecule has 24 heavy (non-hydrogen) atoms. The van der Waals surface area contributed by atoms with E-state index in [9.17, 15) is 9.18 Å². The second-order valence-electron chi connectivity index (χ2n) is 6.11. The van der Waals surface area contributed by atoms with E-state index in [1.807, 2.05) is 13.8 Å². The molecule has 0 radical (unpaired) electrons. The van der Waals surface area contributed by atoms with Crippen LogP contribution < -0.4 is 0 Å². The number of ether oxygens (including phenoxy) is 1. The first-order chi connectivity index (χ1) is 11.5. The molecule has 1 aliphatic rings. The number of hydrogen-bond donors (Lipinski definition) is 0. The topological polar surface area (TPSA) is 56.6 Å². The minimum absolute atomic E-state index is 0.0272. The van der Waals surface area contributed by atoms with Crippen LogP contribution in [0, 0.1) is 23.1 Å². The zero-order chi connectivity index (χ0) is 17.5. The Morgan fingerprint density at radius 3 is 2.83 bits per heavy atom. The lowest BCUT2D eigenvalue weighted by Crippen LogP contribution is -2.46. The predicted molar refractivity (Wildman–Crippen MR) is 88.6 cm³/mol. The number of benzene rings is 1. The van der Waals surface area contributed by atoms with Gasteiger partial charge in [-0.2, -0.15) is 5.26 Å². The first-order valence-corrected chi connectivity index (χ1v) is 8.30. The molecule has 5 nitrogen and oxygen atoms in total. The first kappa shape index (κ1) is 18.4. The lowest BCUT2D eigenvalue weighted by molar-refractivity contribution is -0.134. The number of nitriles is 1. The molecule has 6 heteroatoms. The second-order valence-corrected chi connectivity index (χ2v) is 6.11. The summed E-state index contributed by atoms with van der Waals surface area (Å²) in [5, 5.41) is 8.92. The number of nitrogens with zero attached hydrogens (tertiary/aromatic N) is 3. The van der Waals surface area contributed by atoms with Gasteiger partial charge in [-0.15, -0.1) is 0 Å². The molecule has 1 saturated heterocycles. The van der Waals surface area contributed by atoms with E-state index in [1.54, 1.807) is 17.0 Å². The molecule has 1 fully saturated rings. The molecular weight excluding hydrogens is 309 g/mol. The van der Waals surface area contributed by atoms with E-state index < -0.39 is 0 Å². The van der Waals surface area contributed by atoms with Crippen molar-refractivity contribution in [1.82, 2.24) is 9.80 Å². The van der Waals surface area contributed by atoms with Crippen molar-refractivity contribution in [3.63, 3.8) is 0 Å². The van der Waals surface area contributed by atoms with E-state index in [2.05, 4.69) is 11.0 Å². The highest BCUT2D eigenvalue weighted by atomic mass is 19.1. The molecule has 2 rings (SSSR count). The molecule has 2 unspecified atom stereocenters. The van der Waals surface area contributed by atoms with Crippen LogP contribution in [0.2, 0.25) is 0 Å². The maximum atomic E-state index is 13.0. The van der Waals surface area contributed by atoms with Crippen LogP contribution in [0.25, 0.3) is 0 Å². The molecule has 2 atom stereocenters. The summed E-state index contributed by atoms with van der Waals surface area (Å²) in [5.74, 6) is -0.420. The third kappa shape index (κ3) is 5.02. The number of carbonyl (C=O) groups excluding carboxylic acids is 1. The van der Waals surface area contributed by atoms with Gasteiger partial charge in [0.2, 0.25) is 5.91 Å². The third-order valence-electron chi connectivity index (χ3n) is 4.20. The Morgan fingerprint density at radius 1 is 1.50 bits per heavy atom. The summed E-state index contributed by atoms with van der Waals surface area (Å²) >= 11 is 0. The van der Waals surface area contributed by atoms with Crippen LogP contribution in [-0.4, -0.2) is 55.0 Å². The molecule has 0 saturated carbocycles. The number of hydrogen-bond acceptors (Lipinski definition) is 4. The van der Waals surface area contributed by atoms with E-state index in [0.717, 1.165) is 5.56 Å². The Morgan fingerprint density at radius 2 is 2.21 bits per heavy atom. The predicted octanol–water partition coefficient (Wildman–Crippen LogP) is 2.21. The van der Waals surface area contributed by atoms with Crippen LogP contribution in [-0.2, 0) is 9.53 Å². The van der Waals surface area contributed by atoms with Gasteiger partial charge in [0.25, 0.3) is 0 Å². The SMILES string of the molecule is CCN(CC(C)C#N)C(=O)CN1CCOC(c2ccc(F)cc2)C1. The van der Waals surface area contributed by atoms with Crippen molar-refractivity contribution >= 4 is 5.91 Å². The minimum atomic E-state index is -0.271. The number of amides is 1. The lowest BCUT2D eigenvalue weighted by atomic mass is 10.1. The van der Waals surface area contributed by atoms with Gasteiger partial charge >= 0.3 is 0 Å². The Labute approximate surface area is 142 Å². The normalized spacial score (nSPS) is 19.5. The largest absolute Gasteiger partial charge is 0.371 e. The summed E-state index contributed by atoms with van der Waals surface area (Å²) < 4.78 is 18.8. The zero-order valence-electron chi connectivity index (χ0n) is 14.2. The second kappa shape index (κ2) is 8.76. The van der Waals surface area contributed by atoms with Crippen molar-refractivity contribution in [2.75, 3.05) is 39.3 Å². The summed E-state index contributed by atoms with van der Waals surface area (Å²) in [5.41, 5.74) is 0.916. The molecule has 0 spiro atoms. The van der Waals surface area contributed by atoms with Crippen LogP contribution in [0.4, 0.5) is 4.39 Å². The van der Waals surface area contributed by atoms with Crippen molar-refractivity contribution in [1.29, 1.82) is 5.26 Å². The van der Waals surface area contributed by atoms with E-state index in [-0.39, 0.29) is 23.7 Å². The van der Waals surface area contributed by atoms with Crippen LogP contribution in [0.15, 0.2) is 24.3 Å². The van der Waals surface area contributed by atoms with Crippen molar-refractivity contribution in [3.8, 4) is 6.07 Å². The van der Waals surface area contributed by atoms with Crippen molar-refractivity contribution in [2.45, 2.75) is 20.0 Å². The summed E-state index contributed by atoms with van der Waals surface area (Å²) in [7, 11) is 0. The Bertz CT molecular complexity index is 585. The van der Waals surface area contributed by atoms with Crippen LogP contribution in [0.3, 0.4) is 0 Å². The molecule has 130 valence electrons. The zero-order valence-corrected chi connectivity index (χ0v) is 14.2. The summed E-state index contributed by atoms with van der Waals surface area (Å²) in [6, 6.07) is 8.45. The highest BCUT2D eigenvalue weighted by Crippen LogP contribution is 2.22. The fourth-order valence-electron chi connectivity index (χ4n) is 2.80. The summed E-state index contributed by atoms with van der Waals surface area (Å²) in [6.45, 7) is 6.92. The number of morpholine rings is 1. The van der Waals surface area contributed by atoms with E-state index >= 15 is 0 Å². The van der Waals surface area contributed by atoms with Gasteiger partial charge in [-0.1, -0.05) is 12.1 Å². The average molecular weight is 333 g/mol. The number of rotatable bonds is 6. The molecule has 1 amide bonds. The quantitative estimate of drug-likeness (QED) is 0.801. The van der Waals surface area contributed by atoms with Gasteiger partial charge in [-0.05, 0) is 31.5 Å². The molecule has 0 aliphatic carbocycles. The Hall–Kier alpha value is -1.97. The minimum Gasteiger partial charge on any atom is -0.371 e.